The third-order valence-corrected chi connectivity index (χ3v) is 5.59. The topological polar surface area (TPSA) is 40.6 Å². The Labute approximate surface area is 110 Å². The standard InChI is InChI=1S/C13H22N2O2S/c1-3-5-6-7-15-9-8-14(4-2)12-10-18(16,17)11-13(12)15/h12-13H,3-4,7-11H2,1-2H3/t12-,13+/m1/s1. The Hall–Kier alpha value is -0.570. The summed E-state index contributed by atoms with van der Waals surface area (Å²) in [5.74, 6) is 6.84. The largest absolute Gasteiger partial charge is 0.297 e. The van der Waals surface area contributed by atoms with E-state index in [0.29, 0.717) is 18.1 Å². The first-order valence-electron chi connectivity index (χ1n) is 6.71. The van der Waals surface area contributed by atoms with Crippen LogP contribution in [0, 0.1) is 11.8 Å². The van der Waals surface area contributed by atoms with Crippen molar-refractivity contribution in [3.63, 3.8) is 0 Å². The molecule has 4 nitrogen and oxygen atoms in total. The first kappa shape index (κ1) is 13.9. The van der Waals surface area contributed by atoms with Gasteiger partial charge in [0, 0.05) is 31.6 Å². The predicted octanol–water partition coefficient (Wildman–Crippen LogP) is 0.203. The van der Waals surface area contributed by atoms with E-state index in [4.69, 9.17) is 0 Å². The molecule has 2 rings (SSSR count). The van der Waals surface area contributed by atoms with Crippen LogP contribution in [0.3, 0.4) is 0 Å². The van der Waals surface area contributed by atoms with E-state index in [1.54, 1.807) is 0 Å². The Morgan fingerprint density at radius 1 is 1.06 bits per heavy atom. The van der Waals surface area contributed by atoms with Gasteiger partial charge in [0.15, 0.2) is 9.84 Å². The minimum absolute atomic E-state index is 0.148. The van der Waals surface area contributed by atoms with Gasteiger partial charge >= 0.3 is 0 Å². The van der Waals surface area contributed by atoms with E-state index >= 15 is 0 Å². The van der Waals surface area contributed by atoms with Crippen molar-refractivity contribution in [2.45, 2.75) is 32.4 Å². The van der Waals surface area contributed by atoms with Crippen molar-refractivity contribution in [3.05, 3.63) is 0 Å². The van der Waals surface area contributed by atoms with Crippen LogP contribution in [0.5, 0.6) is 0 Å². The second-order valence-electron chi connectivity index (χ2n) is 5.02. The maximum Gasteiger partial charge on any atom is 0.153 e. The van der Waals surface area contributed by atoms with Gasteiger partial charge < -0.3 is 0 Å². The lowest BCUT2D eigenvalue weighted by Crippen LogP contribution is -2.58. The maximum absolute atomic E-state index is 11.8. The van der Waals surface area contributed by atoms with E-state index in [9.17, 15) is 8.42 Å². The highest BCUT2D eigenvalue weighted by molar-refractivity contribution is 7.91. The van der Waals surface area contributed by atoms with E-state index in [1.165, 1.54) is 0 Å². The van der Waals surface area contributed by atoms with Crippen molar-refractivity contribution < 1.29 is 8.42 Å². The molecule has 0 saturated carbocycles. The molecule has 0 aliphatic carbocycles. The van der Waals surface area contributed by atoms with E-state index in [2.05, 4.69) is 28.6 Å². The summed E-state index contributed by atoms with van der Waals surface area (Å²) in [5, 5.41) is 0. The van der Waals surface area contributed by atoms with Crippen LogP contribution in [0.1, 0.15) is 20.3 Å². The van der Waals surface area contributed by atoms with Crippen LogP contribution in [0.2, 0.25) is 0 Å². The quantitative estimate of drug-likeness (QED) is 0.672. The molecule has 0 amide bonds. The normalized spacial score (nSPS) is 31.7. The molecule has 0 bridgehead atoms. The Bertz CT molecular complexity index is 449. The van der Waals surface area contributed by atoms with Gasteiger partial charge in [-0.05, 0) is 6.54 Å². The van der Waals surface area contributed by atoms with Gasteiger partial charge in [-0.1, -0.05) is 19.8 Å². The molecule has 0 N–H and O–H groups in total. The highest BCUT2D eigenvalue weighted by Gasteiger charge is 2.45. The van der Waals surface area contributed by atoms with Crippen molar-refractivity contribution in [1.29, 1.82) is 0 Å². The summed E-state index contributed by atoms with van der Waals surface area (Å²) in [6, 6.07) is 0.326. The van der Waals surface area contributed by atoms with Gasteiger partial charge in [-0.15, -0.1) is 5.92 Å². The molecule has 0 radical (unpaired) electrons. The molecule has 0 aromatic carbocycles. The van der Waals surface area contributed by atoms with Crippen molar-refractivity contribution in [2.75, 3.05) is 37.7 Å². The number of likely N-dealkylation sites (N-methyl/N-ethyl adjacent to an activating group) is 1. The van der Waals surface area contributed by atoms with Gasteiger partial charge in [0.25, 0.3) is 0 Å². The number of hydrogen-bond donors (Lipinski definition) is 0. The van der Waals surface area contributed by atoms with Crippen molar-refractivity contribution in [1.82, 2.24) is 9.80 Å². The van der Waals surface area contributed by atoms with Crippen LogP contribution >= 0.6 is 0 Å². The van der Waals surface area contributed by atoms with E-state index in [0.717, 1.165) is 26.1 Å². The summed E-state index contributed by atoms with van der Waals surface area (Å²) in [5.41, 5.74) is 0. The van der Waals surface area contributed by atoms with Gasteiger partial charge in [-0.25, -0.2) is 8.42 Å². The van der Waals surface area contributed by atoms with E-state index in [-0.39, 0.29) is 12.1 Å². The molecule has 2 fully saturated rings. The number of nitrogens with zero attached hydrogens (tertiary/aromatic N) is 2. The molecule has 0 aromatic rings. The summed E-state index contributed by atoms with van der Waals surface area (Å²) in [7, 11) is -2.87. The summed E-state index contributed by atoms with van der Waals surface area (Å²) in [4.78, 5) is 4.56. The molecule has 2 saturated heterocycles. The summed E-state index contributed by atoms with van der Waals surface area (Å²) >= 11 is 0. The zero-order chi connectivity index (χ0) is 13.2. The lowest BCUT2D eigenvalue weighted by molar-refractivity contribution is 0.0584. The lowest BCUT2D eigenvalue weighted by atomic mass is 10.1. The Kier molecular flexibility index (Phi) is 4.31. The van der Waals surface area contributed by atoms with Gasteiger partial charge in [-0.3, -0.25) is 9.80 Å². The fraction of sp³-hybridized carbons (Fsp3) is 0.846. The second kappa shape index (κ2) is 5.60. The average Bonchev–Trinajstić information content (AvgIpc) is 2.65. The summed E-state index contributed by atoms with van der Waals surface area (Å²) < 4.78 is 23.7. The van der Waals surface area contributed by atoms with Gasteiger partial charge in [-0.2, -0.15) is 0 Å². The van der Waals surface area contributed by atoms with Crippen LogP contribution in [-0.2, 0) is 9.84 Å². The maximum atomic E-state index is 11.8. The smallest absolute Gasteiger partial charge is 0.153 e. The number of hydrogen-bond acceptors (Lipinski definition) is 4. The number of rotatable bonds is 2. The Morgan fingerprint density at radius 3 is 2.28 bits per heavy atom. The first-order chi connectivity index (χ1) is 8.57. The number of fused-ring (bicyclic) bond motifs is 1. The van der Waals surface area contributed by atoms with Gasteiger partial charge in [0.05, 0.1) is 18.1 Å². The van der Waals surface area contributed by atoms with Gasteiger partial charge in [0.1, 0.15) is 0 Å². The Morgan fingerprint density at radius 2 is 1.67 bits per heavy atom. The van der Waals surface area contributed by atoms with E-state index < -0.39 is 9.84 Å². The summed E-state index contributed by atoms with van der Waals surface area (Å²) in [6.45, 7) is 7.68. The lowest BCUT2D eigenvalue weighted by Gasteiger charge is -2.42. The highest BCUT2D eigenvalue weighted by atomic mass is 32.2. The second-order valence-corrected chi connectivity index (χ2v) is 7.17. The van der Waals surface area contributed by atoms with Crippen LogP contribution in [0.4, 0.5) is 0 Å². The minimum Gasteiger partial charge on any atom is -0.297 e. The van der Waals surface area contributed by atoms with Gasteiger partial charge in [0.2, 0.25) is 0 Å². The fourth-order valence-electron chi connectivity index (χ4n) is 2.97. The van der Waals surface area contributed by atoms with Crippen LogP contribution in [0.25, 0.3) is 0 Å². The van der Waals surface area contributed by atoms with Crippen LogP contribution in [-0.4, -0.2) is 68.0 Å². The predicted molar refractivity (Wildman–Crippen MR) is 73.1 cm³/mol. The molecule has 0 unspecified atom stereocenters. The van der Waals surface area contributed by atoms with Crippen LogP contribution < -0.4 is 0 Å². The molecule has 2 atom stereocenters. The third kappa shape index (κ3) is 2.87. The van der Waals surface area contributed by atoms with Crippen molar-refractivity contribution >= 4 is 9.84 Å². The summed E-state index contributed by atoms with van der Waals surface area (Å²) in [6.07, 6.45) is 0.862. The molecule has 102 valence electrons. The monoisotopic (exact) mass is 270 g/mol. The fourth-order valence-corrected chi connectivity index (χ4v) is 5.01. The first-order valence-corrected chi connectivity index (χ1v) is 8.53. The van der Waals surface area contributed by atoms with E-state index in [1.807, 2.05) is 6.92 Å². The zero-order valence-electron chi connectivity index (χ0n) is 11.2. The molecule has 0 spiro atoms. The molecule has 18 heavy (non-hydrogen) atoms. The Balaban J connectivity index is 2.12. The molecule has 2 aliphatic rings. The number of sulfone groups is 1. The SMILES string of the molecule is CCC#CCN1CCN(CC)[C@@H]2CS(=O)(=O)C[C@@H]21. The van der Waals surface area contributed by atoms with Crippen molar-refractivity contribution in [3.8, 4) is 11.8 Å². The highest BCUT2D eigenvalue weighted by Crippen LogP contribution is 2.26. The molecular weight excluding hydrogens is 248 g/mol. The van der Waals surface area contributed by atoms with Crippen LogP contribution in [0.15, 0.2) is 0 Å². The van der Waals surface area contributed by atoms with Crippen molar-refractivity contribution in [2.24, 2.45) is 0 Å². The molecule has 5 heteroatoms. The minimum atomic E-state index is -2.87. The molecule has 2 heterocycles. The molecule has 0 aromatic heterocycles. The molecule has 2 aliphatic heterocycles. The third-order valence-electron chi connectivity index (χ3n) is 3.90. The zero-order valence-corrected chi connectivity index (χ0v) is 12.0. The molecular formula is C13H22N2O2S. The number of piperazine rings is 1. The average molecular weight is 270 g/mol.